The van der Waals surface area contributed by atoms with Crippen molar-refractivity contribution in [2.45, 2.75) is 37.5 Å². The Bertz CT molecular complexity index is 171. The Kier molecular flexibility index (Phi) is 1.72. The Morgan fingerprint density at radius 1 is 1.42 bits per heavy atom. The van der Waals surface area contributed by atoms with Gasteiger partial charge in [0.1, 0.15) is 0 Å². The second-order valence-corrected chi connectivity index (χ2v) is 4.45. The highest BCUT2D eigenvalue weighted by molar-refractivity contribution is 5.08. The van der Waals surface area contributed by atoms with Crippen molar-refractivity contribution < 1.29 is 10.2 Å². The van der Waals surface area contributed by atoms with Crippen molar-refractivity contribution in [3.05, 3.63) is 0 Å². The third-order valence-corrected chi connectivity index (χ3v) is 3.73. The van der Waals surface area contributed by atoms with Gasteiger partial charge in [0.05, 0.1) is 12.2 Å². The van der Waals surface area contributed by atoms with Crippen LogP contribution in [0.25, 0.3) is 0 Å². The molecule has 2 heterocycles. The highest BCUT2D eigenvalue weighted by atomic mass is 16.3. The summed E-state index contributed by atoms with van der Waals surface area (Å²) >= 11 is 0. The molecule has 12 heavy (non-hydrogen) atoms. The molecule has 2 saturated heterocycles. The van der Waals surface area contributed by atoms with Crippen LogP contribution in [0.5, 0.6) is 0 Å². The minimum atomic E-state index is -0.783. The number of piperidine rings is 1. The summed E-state index contributed by atoms with van der Waals surface area (Å²) in [5.41, 5.74) is -0.783. The summed E-state index contributed by atoms with van der Waals surface area (Å²) in [5, 5.41) is 18.8. The van der Waals surface area contributed by atoms with Gasteiger partial charge < -0.3 is 10.2 Å². The van der Waals surface area contributed by atoms with E-state index in [-0.39, 0.29) is 6.61 Å². The smallest absolute Gasteiger partial charge is 0.0907 e. The van der Waals surface area contributed by atoms with Gasteiger partial charge in [0, 0.05) is 12.1 Å². The van der Waals surface area contributed by atoms with E-state index in [9.17, 15) is 5.11 Å². The van der Waals surface area contributed by atoms with E-state index < -0.39 is 5.60 Å². The molecule has 0 aromatic rings. The van der Waals surface area contributed by atoms with Crippen LogP contribution in [-0.2, 0) is 0 Å². The summed E-state index contributed by atoms with van der Waals surface area (Å²) in [7, 11) is 2.10. The standard InChI is InChI=1S/C9H17NO2/c1-6-7-3-9(12,5-11)4-8(6)10(7)2/h6-8,11-12H,3-5H2,1-2H3/t6-,7?,8?,9-. The van der Waals surface area contributed by atoms with E-state index in [4.69, 9.17) is 5.11 Å². The lowest BCUT2D eigenvalue weighted by atomic mass is 9.65. The minimum absolute atomic E-state index is 0.0828. The lowest BCUT2D eigenvalue weighted by molar-refractivity contribution is -0.172. The van der Waals surface area contributed by atoms with E-state index in [0.29, 0.717) is 18.0 Å². The van der Waals surface area contributed by atoms with Crippen LogP contribution in [0.2, 0.25) is 0 Å². The number of nitrogens with zero attached hydrogens (tertiary/aromatic N) is 1. The lowest BCUT2D eigenvalue weighted by Crippen LogP contribution is -2.70. The van der Waals surface area contributed by atoms with Crippen LogP contribution < -0.4 is 0 Å². The molecule has 0 radical (unpaired) electrons. The normalized spacial score (nSPS) is 53.5. The summed E-state index contributed by atoms with van der Waals surface area (Å²) in [6, 6.07) is 0.974. The van der Waals surface area contributed by atoms with Gasteiger partial charge in [-0.15, -0.1) is 0 Å². The fourth-order valence-corrected chi connectivity index (χ4v) is 2.79. The number of fused-ring (bicyclic) bond motifs is 2. The molecular weight excluding hydrogens is 154 g/mol. The van der Waals surface area contributed by atoms with Gasteiger partial charge in [0.15, 0.2) is 0 Å². The van der Waals surface area contributed by atoms with Crippen molar-refractivity contribution in [3.8, 4) is 0 Å². The van der Waals surface area contributed by atoms with E-state index in [2.05, 4.69) is 18.9 Å². The van der Waals surface area contributed by atoms with E-state index in [1.165, 1.54) is 0 Å². The van der Waals surface area contributed by atoms with Gasteiger partial charge in [-0.25, -0.2) is 0 Å². The van der Waals surface area contributed by atoms with Crippen LogP contribution in [0.1, 0.15) is 19.8 Å². The fraction of sp³-hybridized carbons (Fsp3) is 1.00. The zero-order valence-corrected chi connectivity index (χ0v) is 7.70. The van der Waals surface area contributed by atoms with Gasteiger partial charge >= 0.3 is 0 Å². The number of hydrogen-bond acceptors (Lipinski definition) is 3. The van der Waals surface area contributed by atoms with Crippen molar-refractivity contribution in [2.24, 2.45) is 5.92 Å². The summed E-state index contributed by atoms with van der Waals surface area (Å²) < 4.78 is 0. The zero-order chi connectivity index (χ0) is 8.93. The van der Waals surface area contributed by atoms with Crippen LogP contribution in [-0.4, -0.2) is 46.5 Å². The highest BCUT2D eigenvalue weighted by Crippen LogP contribution is 2.45. The van der Waals surface area contributed by atoms with Crippen LogP contribution in [0.3, 0.4) is 0 Å². The van der Waals surface area contributed by atoms with Gasteiger partial charge in [-0.05, 0) is 25.8 Å². The average Bonchev–Trinajstić information content (AvgIpc) is 2.10. The van der Waals surface area contributed by atoms with Crippen LogP contribution >= 0.6 is 0 Å². The summed E-state index contributed by atoms with van der Waals surface area (Å²) in [6.07, 6.45) is 1.47. The van der Waals surface area contributed by atoms with Crippen LogP contribution in [0, 0.1) is 5.92 Å². The van der Waals surface area contributed by atoms with Crippen molar-refractivity contribution in [1.82, 2.24) is 4.90 Å². The Labute approximate surface area is 73.0 Å². The van der Waals surface area contributed by atoms with Crippen molar-refractivity contribution in [1.29, 1.82) is 0 Å². The Hall–Kier alpha value is -0.120. The lowest BCUT2D eigenvalue weighted by Gasteiger charge is -2.60. The maximum absolute atomic E-state index is 9.84. The predicted molar refractivity (Wildman–Crippen MR) is 45.8 cm³/mol. The number of aliphatic hydroxyl groups excluding tert-OH is 1. The van der Waals surface area contributed by atoms with E-state index in [1.54, 1.807) is 0 Å². The molecule has 0 aromatic carbocycles. The monoisotopic (exact) mass is 171 g/mol. The molecule has 70 valence electrons. The van der Waals surface area contributed by atoms with E-state index >= 15 is 0 Å². The topological polar surface area (TPSA) is 43.7 Å². The molecule has 2 atom stereocenters. The van der Waals surface area contributed by atoms with Gasteiger partial charge in [0.2, 0.25) is 0 Å². The first-order valence-electron chi connectivity index (χ1n) is 4.62. The van der Waals surface area contributed by atoms with Crippen molar-refractivity contribution in [2.75, 3.05) is 13.7 Å². The molecule has 1 saturated carbocycles. The molecular formula is C9H17NO2. The van der Waals surface area contributed by atoms with Gasteiger partial charge in [0.25, 0.3) is 0 Å². The summed E-state index contributed by atoms with van der Waals surface area (Å²) in [6.45, 7) is 2.15. The van der Waals surface area contributed by atoms with Crippen LogP contribution in [0.4, 0.5) is 0 Å². The maximum atomic E-state index is 9.84. The molecule has 3 rings (SSSR count). The van der Waals surface area contributed by atoms with Gasteiger partial charge in [-0.2, -0.15) is 0 Å². The second kappa shape index (κ2) is 2.44. The minimum Gasteiger partial charge on any atom is -0.393 e. The fourth-order valence-electron chi connectivity index (χ4n) is 2.79. The Balaban J connectivity index is 2.08. The molecule has 0 spiro atoms. The van der Waals surface area contributed by atoms with Gasteiger partial charge in [-0.3, -0.25) is 4.90 Å². The van der Waals surface area contributed by atoms with Crippen molar-refractivity contribution in [3.63, 3.8) is 0 Å². The van der Waals surface area contributed by atoms with E-state index in [0.717, 1.165) is 12.8 Å². The number of rotatable bonds is 1. The van der Waals surface area contributed by atoms with E-state index in [1.807, 2.05) is 0 Å². The maximum Gasteiger partial charge on any atom is 0.0907 e. The predicted octanol–water partition coefficient (Wildman–Crippen LogP) is -0.178. The zero-order valence-electron chi connectivity index (χ0n) is 7.70. The Morgan fingerprint density at radius 2 is 1.92 bits per heavy atom. The molecule has 3 nitrogen and oxygen atoms in total. The Morgan fingerprint density at radius 3 is 2.25 bits per heavy atom. The molecule has 3 heteroatoms. The largest absolute Gasteiger partial charge is 0.393 e. The molecule has 2 unspecified atom stereocenters. The van der Waals surface area contributed by atoms with Gasteiger partial charge in [-0.1, -0.05) is 6.92 Å². The molecule has 2 bridgehead atoms. The molecule has 0 aromatic heterocycles. The molecule has 1 aliphatic carbocycles. The summed E-state index contributed by atoms with van der Waals surface area (Å²) in [4.78, 5) is 2.31. The van der Waals surface area contributed by atoms with Crippen molar-refractivity contribution >= 4 is 0 Å². The first-order valence-corrected chi connectivity index (χ1v) is 4.62. The average molecular weight is 171 g/mol. The SMILES string of the molecule is CN1C2C[C@](O)(CO)CC1[C@@H]2C. The third kappa shape index (κ3) is 0.934. The second-order valence-electron chi connectivity index (χ2n) is 4.45. The third-order valence-electron chi connectivity index (χ3n) is 3.73. The first-order chi connectivity index (χ1) is 5.57. The molecule has 2 N–H and O–H groups in total. The molecule has 3 fully saturated rings. The molecule has 0 amide bonds. The quantitative estimate of drug-likeness (QED) is 0.575. The molecule has 3 aliphatic rings. The summed E-state index contributed by atoms with van der Waals surface area (Å²) in [5.74, 6) is 0.696. The van der Waals surface area contributed by atoms with Crippen LogP contribution in [0.15, 0.2) is 0 Å². The number of hydrogen-bond donors (Lipinski definition) is 2. The highest BCUT2D eigenvalue weighted by Gasteiger charge is 2.54. The molecule has 2 aliphatic heterocycles. The first kappa shape index (κ1) is 8.48. The number of aliphatic hydroxyl groups is 2.